The van der Waals surface area contributed by atoms with Crippen molar-refractivity contribution in [3.8, 4) is 11.5 Å². The highest BCUT2D eigenvalue weighted by Crippen LogP contribution is 2.24. The first kappa shape index (κ1) is 7.79. The second kappa shape index (κ2) is 2.90. The van der Waals surface area contributed by atoms with Gasteiger partial charge in [0.1, 0.15) is 12.1 Å². The Morgan fingerprint density at radius 1 is 1.38 bits per heavy atom. The Balaban J connectivity index is 2.57. The number of aromatic nitrogens is 1. The Bertz CT molecular complexity index is 412. The Labute approximate surface area is 74.0 Å². The van der Waals surface area contributed by atoms with Crippen molar-refractivity contribution < 1.29 is 8.81 Å². The Kier molecular flexibility index (Phi) is 1.73. The average Bonchev–Trinajstić information content (AvgIpc) is 2.61. The van der Waals surface area contributed by atoms with Gasteiger partial charge in [-0.05, 0) is 18.2 Å². The number of oxazole rings is 1. The Morgan fingerprint density at radius 2 is 2.23 bits per heavy atom. The van der Waals surface area contributed by atoms with E-state index in [0.29, 0.717) is 17.1 Å². The molecule has 0 fully saturated rings. The molecule has 13 heavy (non-hydrogen) atoms. The third-order valence-corrected chi connectivity index (χ3v) is 1.68. The van der Waals surface area contributed by atoms with E-state index in [1.807, 2.05) is 0 Å². The van der Waals surface area contributed by atoms with E-state index in [2.05, 4.69) is 4.98 Å². The molecule has 2 rings (SSSR count). The topological polar surface area (TPSA) is 52.0 Å². The number of nitrogen functional groups attached to an aromatic ring is 1. The van der Waals surface area contributed by atoms with Gasteiger partial charge in [-0.15, -0.1) is 0 Å². The number of nitrogens with zero attached hydrogens (tertiary/aromatic N) is 1. The van der Waals surface area contributed by atoms with Crippen LogP contribution in [0.15, 0.2) is 35.1 Å². The molecule has 2 N–H and O–H groups in total. The van der Waals surface area contributed by atoms with Crippen molar-refractivity contribution in [2.75, 3.05) is 5.73 Å². The molecule has 1 heterocycles. The fraction of sp³-hybridized carbons (Fsp3) is 0. The number of hydrogen-bond acceptors (Lipinski definition) is 3. The lowest BCUT2D eigenvalue weighted by Gasteiger charge is -2.00. The van der Waals surface area contributed by atoms with E-state index in [9.17, 15) is 4.39 Å². The predicted molar refractivity (Wildman–Crippen MR) is 46.3 cm³/mol. The van der Waals surface area contributed by atoms with E-state index in [1.54, 1.807) is 0 Å². The van der Waals surface area contributed by atoms with Gasteiger partial charge in [0, 0.05) is 5.69 Å². The van der Waals surface area contributed by atoms with Crippen molar-refractivity contribution in [2.45, 2.75) is 0 Å². The lowest BCUT2D eigenvalue weighted by Crippen LogP contribution is -1.90. The predicted octanol–water partition coefficient (Wildman–Crippen LogP) is 2.06. The molecule has 0 radical (unpaired) electrons. The van der Waals surface area contributed by atoms with Gasteiger partial charge in [0.2, 0.25) is 5.89 Å². The van der Waals surface area contributed by atoms with Crippen LogP contribution in [0.5, 0.6) is 0 Å². The van der Waals surface area contributed by atoms with Crippen LogP contribution in [-0.2, 0) is 0 Å². The molecule has 2 aromatic rings. The second-order valence-corrected chi connectivity index (χ2v) is 2.57. The lowest BCUT2D eigenvalue weighted by atomic mass is 10.2. The van der Waals surface area contributed by atoms with Crippen LogP contribution in [0.3, 0.4) is 0 Å². The van der Waals surface area contributed by atoms with Crippen molar-refractivity contribution in [1.29, 1.82) is 0 Å². The number of anilines is 1. The summed E-state index contributed by atoms with van der Waals surface area (Å²) in [6.07, 6.45) is 2.90. The number of hydrogen-bond donors (Lipinski definition) is 1. The Hall–Kier alpha value is -1.84. The summed E-state index contributed by atoms with van der Waals surface area (Å²) >= 11 is 0. The molecule has 0 amide bonds. The van der Waals surface area contributed by atoms with Crippen LogP contribution in [0.2, 0.25) is 0 Å². The molecule has 0 aliphatic carbocycles. The summed E-state index contributed by atoms with van der Waals surface area (Å²) in [4.78, 5) is 3.88. The van der Waals surface area contributed by atoms with Gasteiger partial charge in [-0.2, -0.15) is 0 Å². The first-order valence-corrected chi connectivity index (χ1v) is 3.72. The minimum atomic E-state index is -0.359. The van der Waals surface area contributed by atoms with Crippen LogP contribution in [-0.4, -0.2) is 4.98 Å². The highest BCUT2D eigenvalue weighted by atomic mass is 19.1. The van der Waals surface area contributed by atoms with E-state index in [1.165, 1.54) is 30.7 Å². The first-order chi connectivity index (χ1) is 6.27. The molecule has 0 atom stereocenters. The minimum absolute atomic E-state index is 0.331. The fourth-order valence-electron chi connectivity index (χ4n) is 1.07. The normalized spacial score (nSPS) is 10.2. The van der Waals surface area contributed by atoms with Crippen molar-refractivity contribution in [3.63, 3.8) is 0 Å². The second-order valence-electron chi connectivity index (χ2n) is 2.57. The van der Waals surface area contributed by atoms with Crippen LogP contribution < -0.4 is 5.73 Å². The van der Waals surface area contributed by atoms with Crippen molar-refractivity contribution in [2.24, 2.45) is 0 Å². The Morgan fingerprint density at radius 3 is 2.92 bits per heavy atom. The quantitative estimate of drug-likeness (QED) is 0.680. The average molecular weight is 178 g/mol. The van der Waals surface area contributed by atoms with Crippen molar-refractivity contribution in [1.82, 2.24) is 4.98 Å². The standard InChI is InChI=1S/C9H7FN2O/c10-6-1-2-8(11)7(5-6)9-12-3-4-13-9/h1-5H,11H2. The maximum absolute atomic E-state index is 12.8. The molecule has 1 aromatic carbocycles. The fourth-order valence-corrected chi connectivity index (χ4v) is 1.07. The molecule has 3 nitrogen and oxygen atoms in total. The van der Waals surface area contributed by atoms with Gasteiger partial charge < -0.3 is 10.2 Å². The molecule has 0 aliphatic heterocycles. The molecule has 0 aliphatic rings. The highest BCUT2D eigenvalue weighted by molar-refractivity contribution is 5.70. The van der Waals surface area contributed by atoms with Crippen LogP contribution in [0.25, 0.3) is 11.5 Å². The van der Waals surface area contributed by atoms with Crippen LogP contribution in [0, 0.1) is 5.82 Å². The van der Waals surface area contributed by atoms with E-state index in [0.717, 1.165) is 0 Å². The molecule has 0 bridgehead atoms. The zero-order valence-electron chi connectivity index (χ0n) is 6.70. The minimum Gasteiger partial charge on any atom is -0.444 e. The van der Waals surface area contributed by atoms with Gasteiger partial charge in [0.05, 0.1) is 11.8 Å². The van der Waals surface area contributed by atoms with Crippen LogP contribution in [0.4, 0.5) is 10.1 Å². The summed E-state index contributed by atoms with van der Waals surface area (Å²) in [5, 5.41) is 0. The number of halogens is 1. The third kappa shape index (κ3) is 1.38. The molecule has 0 spiro atoms. The molecule has 0 saturated carbocycles. The third-order valence-electron chi connectivity index (χ3n) is 1.68. The van der Waals surface area contributed by atoms with Crippen molar-refractivity contribution in [3.05, 3.63) is 36.5 Å². The first-order valence-electron chi connectivity index (χ1n) is 3.72. The van der Waals surface area contributed by atoms with Crippen LogP contribution >= 0.6 is 0 Å². The zero-order valence-corrected chi connectivity index (χ0v) is 6.70. The molecule has 66 valence electrons. The van der Waals surface area contributed by atoms with Gasteiger partial charge in [0.15, 0.2) is 0 Å². The van der Waals surface area contributed by atoms with E-state index in [4.69, 9.17) is 10.2 Å². The lowest BCUT2D eigenvalue weighted by molar-refractivity contribution is 0.572. The monoisotopic (exact) mass is 178 g/mol. The molecule has 4 heteroatoms. The molecule has 1 aromatic heterocycles. The number of rotatable bonds is 1. The summed E-state index contributed by atoms with van der Waals surface area (Å²) in [7, 11) is 0. The molecule has 0 saturated heterocycles. The maximum Gasteiger partial charge on any atom is 0.228 e. The highest BCUT2D eigenvalue weighted by Gasteiger charge is 2.07. The summed E-state index contributed by atoms with van der Waals surface area (Å²) < 4.78 is 17.8. The smallest absolute Gasteiger partial charge is 0.228 e. The SMILES string of the molecule is Nc1ccc(F)cc1-c1ncco1. The van der Waals surface area contributed by atoms with E-state index >= 15 is 0 Å². The maximum atomic E-state index is 12.8. The van der Waals surface area contributed by atoms with Crippen LogP contribution in [0.1, 0.15) is 0 Å². The van der Waals surface area contributed by atoms with Crippen molar-refractivity contribution >= 4 is 5.69 Å². The van der Waals surface area contributed by atoms with E-state index < -0.39 is 0 Å². The molecular weight excluding hydrogens is 171 g/mol. The van der Waals surface area contributed by atoms with Gasteiger partial charge in [-0.1, -0.05) is 0 Å². The van der Waals surface area contributed by atoms with Gasteiger partial charge in [-0.3, -0.25) is 0 Å². The summed E-state index contributed by atoms with van der Waals surface area (Å²) in [5.74, 6) is -0.0283. The number of benzene rings is 1. The summed E-state index contributed by atoms with van der Waals surface area (Å²) in [5.41, 5.74) is 6.54. The number of nitrogens with two attached hydrogens (primary N) is 1. The van der Waals surface area contributed by atoms with Gasteiger partial charge in [-0.25, -0.2) is 9.37 Å². The molecule has 0 unspecified atom stereocenters. The summed E-state index contributed by atoms with van der Waals surface area (Å²) in [6, 6.07) is 4.07. The van der Waals surface area contributed by atoms with Gasteiger partial charge in [0.25, 0.3) is 0 Å². The van der Waals surface area contributed by atoms with E-state index in [-0.39, 0.29) is 5.82 Å². The zero-order chi connectivity index (χ0) is 9.26. The molecular formula is C9H7FN2O. The largest absolute Gasteiger partial charge is 0.444 e. The summed E-state index contributed by atoms with van der Waals surface area (Å²) in [6.45, 7) is 0. The van der Waals surface area contributed by atoms with Gasteiger partial charge >= 0.3 is 0 Å².